The third-order valence-corrected chi connectivity index (χ3v) is 3.93. The van der Waals surface area contributed by atoms with Gasteiger partial charge in [-0.25, -0.2) is 0 Å². The lowest BCUT2D eigenvalue weighted by molar-refractivity contribution is -0.138. The highest BCUT2D eigenvalue weighted by molar-refractivity contribution is 5.80. The molecular formula is C21H25NO5. The molecule has 0 saturated carbocycles. The van der Waals surface area contributed by atoms with E-state index < -0.39 is 5.97 Å². The van der Waals surface area contributed by atoms with Crippen molar-refractivity contribution in [1.82, 2.24) is 5.32 Å². The van der Waals surface area contributed by atoms with Gasteiger partial charge in [0.25, 0.3) is 0 Å². The molecule has 0 saturated heterocycles. The van der Waals surface area contributed by atoms with Gasteiger partial charge in [-0.15, -0.1) is 0 Å². The Kier molecular flexibility index (Phi) is 8.16. The maximum absolute atomic E-state index is 11.5. The predicted molar refractivity (Wildman–Crippen MR) is 102 cm³/mol. The number of ether oxygens (including phenoxy) is 2. The molecule has 6 heteroatoms. The molecule has 6 nitrogen and oxygen atoms in total. The molecule has 144 valence electrons. The highest BCUT2D eigenvalue weighted by atomic mass is 16.5. The van der Waals surface area contributed by atoms with Gasteiger partial charge in [0.1, 0.15) is 24.7 Å². The average molecular weight is 371 g/mol. The summed E-state index contributed by atoms with van der Waals surface area (Å²) in [7, 11) is 0. The average Bonchev–Trinajstić information content (AvgIpc) is 2.66. The minimum atomic E-state index is -0.968. The summed E-state index contributed by atoms with van der Waals surface area (Å²) in [5, 5.41) is 11.3. The monoisotopic (exact) mass is 371 g/mol. The fraction of sp³-hybridized carbons (Fsp3) is 0.333. The lowest BCUT2D eigenvalue weighted by Crippen LogP contribution is -2.25. The number of carboxylic acid groups (broad SMARTS) is 1. The van der Waals surface area contributed by atoms with E-state index in [0.29, 0.717) is 26.2 Å². The van der Waals surface area contributed by atoms with Crippen molar-refractivity contribution >= 4 is 11.9 Å². The highest BCUT2D eigenvalue weighted by Crippen LogP contribution is 2.16. The molecule has 0 bridgehead atoms. The summed E-state index contributed by atoms with van der Waals surface area (Å²) in [5.41, 5.74) is 2.16. The summed E-state index contributed by atoms with van der Waals surface area (Å²) in [6, 6.07) is 15.5. The maximum Gasteiger partial charge on any atom is 0.303 e. The van der Waals surface area contributed by atoms with Crippen LogP contribution in [0.4, 0.5) is 0 Å². The van der Waals surface area contributed by atoms with E-state index in [1.165, 1.54) is 0 Å². The molecule has 27 heavy (non-hydrogen) atoms. The minimum absolute atomic E-state index is 0.00664. The highest BCUT2D eigenvalue weighted by Gasteiger charge is 2.05. The third-order valence-electron chi connectivity index (χ3n) is 3.93. The Morgan fingerprint density at radius 3 is 2.37 bits per heavy atom. The molecule has 2 N–H and O–H groups in total. The van der Waals surface area contributed by atoms with Crippen LogP contribution in [0.15, 0.2) is 48.5 Å². The molecule has 0 spiro atoms. The Labute approximate surface area is 159 Å². The van der Waals surface area contributed by atoms with Crippen molar-refractivity contribution in [3.05, 3.63) is 59.7 Å². The lowest BCUT2D eigenvalue weighted by Gasteiger charge is -2.10. The molecule has 2 aromatic carbocycles. The fourth-order valence-electron chi connectivity index (χ4n) is 2.44. The number of carbonyl (C=O) groups is 2. The normalized spacial score (nSPS) is 10.3. The van der Waals surface area contributed by atoms with Gasteiger partial charge in [0.15, 0.2) is 0 Å². The van der Waals surface area contributed by atoms with Crippen LogP contribution in [-0.2, 0) is 16.0 Å². The minimum Gasteiger partial charge on any atom is -0.490 e. The molecule has 0 aliphatic carbocycles. The van der Waals surface area contributed by atoms with Gasteiger partial charge in [-0.2, -0.15) is 0 Å². The second kappa shape index (κ2) is 10.9. The van der Waals surface area contributed by atoms with Crippen LogP contribution in [-0.4, -0.2) is 36.7 Å². The van der Waals surface area contributed by atoms with Crippen molar-refractivity contribution in [3.8, 4) is 11.5 Å². The number of rotatable bonds is 11. The van der Waals surface area contributed by atoms with Crippen molar-refractivity contribution < 1.29 is 24.2 Å². The van der Waals surface area contributed by atoms with E-state index in [4.69, 9.17) is 14.6 Å². The second-order valence-corrected chi connectivity index (χ2v) is 6.10. The van der Waals surface area contributed by atoms with E-state index >= 15 is 0 Å². The first kappa shape index (κ1) is 20.3. The van der Waals surface area contributed by atoms with Gasteiger partial charge in [0, 0.05) is 13.0 Å². The van der Waals surface area contributed by atoms with Crippen LogP contribution in [0.2, 0.25) is 0 Å². The molecule has 1 amide bonds. The van der Waals surface area contributed by atoms with Gasteiger partial charge in [0.2, 0.25) is 5.91 Å². The van der Waals surface area contributed by atoms with Crippen molar-refractivity contribution in [2.24, 2.45) is 0 Å². The second-order valence-electron chi connectivity index (χ2n) is 6.10. The van der Waals surface area contributed by atoms with E-state index in [1.54, 1.807) is 0 Å². The zero-order valence-corrected chi connectivity index (χ0v) is 15.4. The zero-order valence-electron chi connectivity index (χ0n) is 15.4. The first-order chi connectivity index (χ1) is 13.0. The number of hydrogen-bond donors (Lipinski definition) is 2. The summed E-state index contributed by atoms with van der Waals surface area (Å²) in [5.74, 6) is 0.413. The summed E-state index contributed by atoms with van der Waals surface area (Å²) in [4.78, 5) is 21.9. The van der Waals surface area contributed by atoms with Crippen molar-refractivity contribution in [2.45, 2.75) is 26.2 Å². The first-order valence-electron chi connectivity index (χ1n) is 8.93. The molecule has 2 aromatic rings. The van der Waals surface area contributed by atoms with Crippen LogP contribution in [0.1, 0.15) is 24.0 Å². The molecule has 2 rings (SSSR count). The van der Waals surface area contributed by atoms with Crippen LogP contribution in [0, 0.1) is 6.92 Å². The van der Waals surface area contributed by atoms with Gasteiger partial charge in [-0.05, 0) is 42.7 Å². The van der Waals surface area contributed by atoms with Gasteiger partial charge in [0.05, 0.1) is 6.42 Å². The quantitative estimate of drug-likeness (QED) is 0.593. The van der Waals surface area contributed by atoms with Crippen LogP contribution in [0.25, 0.3) is 0 Å². The summed E-state index contributed by atoms with van der Waals surface area (Å²) < 4.78 is 11.4. The molecule has 0 unspecified atom stereocenters. The van der Waals surface area contributed by atoms with E-state index in [1.807, 2.05) is 55.5 Å². The largest absolute Gasteiger partial charge is 0.490 e. The number of aliphatic carboxylic acids is 1. The van der Waals surface area contributed by atoms with Crippen LogP contribution >= 0.6 is 0 Å². The number of carboxylic acids is 1. The fourth-order valence-corrected chi connectivity index (χ4v) is 2.44. The Morgan fingerprint density at radius 1 is 0.963 bits per heavy atom. The number of hydrogen-bond acceptors (Lipinski definition) is 4. The van der Waals surface area contributed by atoms with Crippen LogP contribution < -0.4 is 14.8 Å². The molecule has 0 aromatic heterocycles. The molecule has 0 aliphatic heterocycles. The summed E-state index contributed by atoms with van der Waals surface area (Å²) in [6.45, 7) is 3.40. The Bertz CT molecular complexity index is 742. The summed E-state index contributed by atoms with van der Waals surface area (Å²) >= 11 is 0. The number of nitrogens with one attached hydrogen (secondary N) is 1. The Balaban J connectivity index is 1.64. The van der Waals surface area contributed by atoms with Crippen molar-refractivity contribution in [3.63, 3.8) is 0 Å². The maximum atomic E-state index is 11.5. The first-order valence-corrected chi connectivity index (χ1v) is 8.93. The zero-order chi connectivity index (χ0) is 19.5. The van der Waals surface area contributed by atoms with E-state index in [9.17, 15) is 9.59 Å². The SMILES string of the molecule is Cc1ccccc1OCCOc1ccc(CCNC(=O)CCC(=O)O)cc1. The third kappa shape index (κ3) is 7.81. The number of carbonyl (C=O) groups excluding carboxylic acids is 1. The predicted octanol–water partition coefficient (Wildman–Crippen LogP) is 2.98. The van der Waals surface area contributed by atoms with Gasteiger partial charge >= 0.3 is 5.97 Å². The Hall–Kier alpha value is -3.02. The Morgan fingerprint density at radius 2 is 1.67 bits per heavy atom. The molecule has 0 heterocycles. The molecule has 0 aliphatic rings. The van der Waals surface area contributed by atoms with Crippen LogP contribution in [0.3, 0.4) is 0 Å². The van der Waals surface area contributed by atoms with E-state index in [-0.39, 0.29) is 18.7 Å². The number of aryl methyl sites for hydroxylation is 1. The number of amides is 1. The lowest BCUT2D eigenvalue weighted by atomic mass is 10.1. The number of para-hydroxylation sites is 1. The topological polar surface area (TPSA) is 84.9 Å². The van der Waals surface area contributed by atoms with Gasteiger partial charge in [-0.3, -0.25) is 9.59 Å². The van der Waals surface area contributed by atoms with Gasteiger partial charge in [-0.1, -0.05) is 30.3 Å². The van der Waals surface area contributed by atoms with E-state index in [2.05, 4.69) is 5.32 Å². The molecular weight excluding hydrogens is 346 g/mol. The van der Waals surface area contributed by atoms with Gasteiger partial charge < -0.3 is 19.9 Å². The van der Waals surface area contributed by atoms with Crippen molar-refractivity contribution in [1.29, 1.82) is 0 Å². The number of benzene rings is 2. The van der Waals surface area contributed by atoms with E-state index in [0.717, 1.165) is 22.6 Å². The van der Waals surface area contributed by atoms with Crippen LogP contribution in [0.5, 0.6) is 11.5 Å². The van der Waals surface area contributed by atoms with Crippen molar-refractivity contribution in [2.75, 3.05) is 19.8 Å². The smallest absolute Gasteiger partial charge is 0.303 e. The summed E-state index contributed by atoms with van der Waals surface area (Å²) in [6.07, 6.45) is 0.535. The molecule has 0 radical (unpaired) electrons. The standard InChI is InChI=1S/C21H25NO5/c1-16-4-2-3-5-19(16)27-15-14-26-18-8-6-17(7-9-18)12-13-22-20(23)10-11-21(24)25/h2-9H,10-15H2,1H3,(H,22,23)(H,24,25). The molecule has 0 atom stereocenters. The molecule has 0 fully saturated rings.